The highest BCUT2D eigenvalue weighted by Gasteiger charge is 2.32. The van der Waals surface area contributed by atoms with Crippen molar-refractivity contribution in [1.82, 2.24) is 9.88 Å². The van der Waals surface area contributed by atoms with E-state index in [0.29, 0.717) is 0 Å². The summed E-state index contributed by atoms with van der Waals surface area (Å²) in [5.74, 6) is 0.757. The van der Waals surface area contributed by atoms with Crippen molar-refractivity contribution < 1.29 is 5.11 Å². The molecule has 3 rings (SSSR count). The smallest absolute Gasteiger partial charge is 0.0959 e. The molecule has 0 amide bonds. The number of hydrogen-bond donors (Lipinski definition) is 1. The van der Waals surface area contributed by atoms with Gasteiger partial charge in [0, 0.05) is 24.4 Å². The van der Waals surface area contributed by atoms with Gasteiger partial charge in [-0.15, -0.1) is 11.3 Å². The van der Waals surface area contributed by atoms with Crippen LogP contribution in [0.25, 0.3) is 0 Å². The minimum absolute atomic E-state index is 0.440. The molecule has 0 spiro atoms. The van der Waals surface area contributed by atoms with Crippen LogP contribution in [0, 0.1) is 0 Å². The standard InChI is InChI=1S/C14H22N2OS/c1-16(10-14(17)6-2-3-7-14)8-12-9-18-13(15-12)11-4-5-11/h9,11,17H,2-8,10H2,1H3. The summed E-state index contributed by atoms with van der Waals surface area (Å²) >= 11 is 1.80. The Kier molecular flexibility index (Phi) is 3.43. The predicted octanol–water partition coefficient (Wildman–Crippen LogP) is 2.76. The van der Waals surface area contributed by atoms with Crippen molar-refractivity contribution in [2.24, 2.45) is 0 Å². The summed E-state index contributed by atoms with van der Waals surface area (Å²) in [5.41, 5.74) is 0.732. The van der Waals surface area contributed by atoms with Crippen LogP contribution in [0.3, 0.4) is 0 Å². The Morgan fingerprint density at radius 1 is 1.44 bits per heavy atom. The van der Waals surface area contributed by atoms with Gasteiger partial charge in [0.2, 0.25) is 0 Å². The molecule has 0 aromatic carbocycles. The van der Waals surface area contributed by atoms with Crippen molar-refractivity contribution in [2.75, 3.05) is 13.6 Å². The van der Waals surface area contributed by atoms with Crippen LogP contribution in [0.4, 0.5) is 0 Å². The van der Waals surface area contributed by atoms with Gasteiger partial charge in [0.05, 0.1) is 16.3 Å². The minimum atomic E-state index is -0.440. The number of hydrogen-bond acceptors (Lipinski definition) is 4. The van der Waals surface area contributed by atoms with Crippen LogP contribution in [-0.4, -0.2) is 34.2 Å². The van der Waals surface area contributed by atoms with E-state index >= 15 is 0 Å². The molecule has 0 unspecified atom stereocenters. The van der Waals surface area contributed by atoms with Gasteiger partial charge in [0.1, 0.15) is 0 Å². The molecule has 2 saturated carbocycles. The summed E-state index contributed by atoms with van der Waals surface area (Å²) < 4.78 is 0. The first-order valence-corrected chi connectivity index (χ1v) is 7.88. The van der Waals surface area contributed by atoms with Gasteiger partial charge in [-0.2, -0.15) is 0 Å². The van der Waals surface area contributed by atoms with Crippen LogP contribution < -0.4 is 0 Å². The summed E-state index contributed by atoms with van der Waals surface area (Å²) in [5, 5.41) is 13.9. The van der Waals surface area contributed by atoms with E-state index in [0.717, 1.165) is 31.8 Å². The van der Waals surface area contributed by atoms with Crippen LogP contribution in [-0.2, 0) is 6.54 Å². The molecule has 4 heteroatoms. The molecule has 2 aliphatic rings. The lowest BCUT2D eigenvalue weighted by Gasteiger charge is -2.28. The third-order valence-electron chi connectivity index (χ3n) is 4.03. The van der Waals surface area contributed by atoms with Gasteiger partial charge in [-0.25, -0.2) is 4.98 Å². The van der Waals surface area contributed by atoms with E-state index < -0.39 is 5.60 Å². The molecule has 18 heavy (non-hydrogen) atoms. The highest BCUT2D eigenvalue weighted by atomic mass is 32.1. The normalized spacial score (nSPS) is 22.8. The third kappa shape index (κ3) is 2.92. The lowest BCUT2D eigenvalue weighted by molar-refractivity contribution is 0.0143. The number of nitrogens with zero attached hydrogens (tertiary/aromatic N) is 2. The molecule has 1 aromatic heterocycles. The molecule has 2 fully saturated rings. The number of aliphatic hydroxyl groups is 1. The van der Waals surface area contributed by atoms with E-state index in [4.69, 9.17) is 4.98 Å². The first-order chi connectivity index (χ1) is 8.65. The molecule has 3 nitrogen and oxygen atoms in total. The molecular weight excluding hydrogens is 244 g/mol. The van der Waals surface area contributed by atoms with E-state index in [-0.39, 0.29) is 0 Å². The van der Waals surface area contributed by atoms with E-state index in [1.54, 1.807) is 11.3 Å². The highest BCUT2D eigenvalue weighted by molar-refractivity contribution is 7.09. The van der Waals surface area contributed by atoms with E-state index in [2.05, 4.69) is 17.3 Å². The molecule has 1 N–H and O–H groups in total. The maximum absolute atomic E-state index is 10.4. The number of rotatable bonds is 5. The maximum atomic E-state index is 10.4. The zero-order chi connectivity index (χ0) is 12.6. The van der Waals surface area contributed by atoms with Crippen LogP contribution in [0.2, 0.25) is 0 Å². The summed E-state index contributed by atoms with van der Waals surface area (Å²) in [7, 11) is 2.09. The Morgan fingerprint density at radius 2 is 2.17 bits per heavy atom. The third-order valence-corrected chi connectivity index (χ3v) is 5.08. The second-order valence-electron chi connectivity index (χ2n) is 6.06. The van der Waals surface area contributed by atoms with Crippen molar-refractivity contribution >= 4 is 11.3 Å². The first kappa shape index (κ1) is 12.6. The quantitative estimate of drug-likeness (QED) is 0.890. The SMILES string of the molecule is CN(Cc1csc(C2CC2)n1)CC1(O)CCCC1. The molecule has 100 valence electrons. The molecule has 0 atom stereocenters. The summed E-state index contributed by atoms with van der Waals surface area (Å²) in [4.78, 5) is 6.92. The summed E-state index contributed by atoms with van der Waals surface area (Å²) in [6.45, 7) is 1.65. The Morgan fingerprint density at radius 3 is 2.83 bits per heavy atom. The van der Waals surface area contributed by atoms with Crippen LogP contribution in [0.1, 0.15) is 55.1 Å². The second kappa shape index (κ2) is 4.91. The summed E-state index contributed by atoms with van der Waals surface area (Å²) in [6.07, 6.45) is 6.91. The van der Waals surface area contributed by atoms with Gasteiger partial charge in [-0.05, 0) is 32.7 Å². The lowest BCUT2D eigenvalue weighted by atomic mass is 10.0. The Labute approximate surface area is 113 Å². The summed E-state index contributed by atoms with van der Waals surface area (Å²) in [6, 6.07) is 0. The van der Waals surface area contributed by atoms with Crippen molar-refractivity contribution in [3.05, 3.63) is 16.1 Å². The van der Waals surface area contributed by atoms with Crippen LogP contribution >= 0.6 is 11.3 Å². The molecule has 1 heterocycles. The zero-order valence-corrected chi connectivity index (χ0v) is 11.9. The minimum Gasteiger partial charge on any atom is -0.389 e. The van der Waals surface area contributed by atoms with E-state index in [1.807, 2.05) is 0 Å². The van der Waals surface area contributed by atoms with Crippen LogP contribution in [0.5, 0.6) is 0 Å². The largest absolute Gasteiger partial charge is 0.389 e. The van der Waals surface area contributed by atoms with Gasteiger partial charge in [-0.1, -0.05) is 12.8 Å². The van der Waals surface area contributed by atoms with Crippen LogP contribution in [0.15, 0.2) is 5.38 Å². The van der Waals surface area contributed by atoms with Gasteiger partial charge in [0.25, 0.3) is 0 Å². The molecule has 0 aliphatic heterocycles. The number of likely N-dealkylation sites (N-methyl/N-ethyl adjacent to an activating group) is 1. The highest BCUT2D eigenvalue weighted by Crippen LogP contribution is 2.41. The fourth-order valence-electron chi connectivity index (χ4n) is 2.94. The molecule has 0 saturated heterocycles. The fraction of sp³-hybridized carbons (Fsp3) is 0.786. The Balaban J connectivity index is 1.54. The number of aromatic nitrogens is 1. The van der Waals surface area contributed by atoms with Gasteiger partial charge in [0.15, 0.2) is 0 Å². The van der Waals surface area contributed by atoms with Crippen molar-refractivity contribution in [3.8, 4) is 0 Å². The Hall–Kier alpha value is -0.450. The monoisotopic (exact) mass is 266 g/mol. The van der Waals surface area contributed by atoms with Crippen molar-refractivity contribution in [1.29, 1.82) is 0 Å². The Bertz CT molecular complexity index is 408. The average molecular weight is 266 g/mol. The maximum Gasteiger partial charge on any atom is 0.0959 e. The first-order valence-electron chi connectivity index (χ1n) is 7.00. The lowest BCUT2D eigenvalue weighted by Crippen LogP contribution is -2.38. The average Bonchev–Trinajstić information content (AvgIpc) is 2.93. The topological polar surface area (TPSA) is 36.4 Å². The molecular formula is C14H22N2OS. The fourth-order valence-corrected chi connectivity index (χ4v) is 3.92. The molecule has 0 bridgehead atoms. The second-order valence-corrected chi connectivity index (χ2v) is 6.94. The van der Waals surface area contributed by atoms with Gasteiger partial charge >= 0.3 is 0 Å². The van der Waals surface area contributed by atoms with Crippen molar-refractivity contribution in [3.63, 3.8) is 0 Å². The van der Waals surface area contributed by atoms with Crippen molar-refractivity contribution in [2.45, 2.75) is 56.6 Å². The zero-order valence-electron chi connectivity index (χ0n) is 11.1. The molecule has 0 radical (unpaired) electrons. The molecule has 2 aliphatic carbocycles. The molecule has 1 aromatic rings. The van der Waals surface area contributed by atoms with Gasteiger partial charge < -0.3 is 5.11 Å². The van der Waals surface area contributed by atoms with Gasteiger partial charge in [-0.3, -0.25) is 4.90 Å². The predicted molar refractivity (Wildman–Crippen MR) is 73.8 cm³/mol. The van der Waals surface area contributed by atoms with E-state index in [1.165, 1.54) is 36.4 Å². The van der Waals surface area contributed by atoms with E-state index in [9.17, 15) is 5.11 Å². The number of thiazole rings is 1.